The molecule has 0 fully saturated rings. The van der Waals surface area contributed by atoms with Crippen LogP contribution in [0.15, 0.2) is 0 Å². The summed E-state index contributed by atoms with van der Waals surface area (Å²) >= 11 is 0. The fraction of sp³-hybridized carbons (Fsp3) is 1.00. The highest BCUT2D eigenvalue weighted by molar-refractivity contribution is 6.61. The molecule has 15 heteroatoms. The van der Waals surface area contributed by atoms with Crippen LogP contribution in [-0.2, 0) is 39.8 Å². The van der Waals surface area contributed by atoms with Gasteiger partial charge in [0.15, 0.2) is 0 Å². The summed E-state index contributed by atoms with van der Waals surface area (Å²) < 4.78 is 49.8. The molecule has 0 aliphatic heterocycles. The lowest BCUT2D eigenvalue weighted by molar-refractivity contribution is 0.122. The molecular weight excluding hydrogens is 573 g/mol. The Bertz CT molecular complexity index is 509. The van der Waals surface area contributed by atoms with Gasteiger partial charge in [0.1, 0.15) is 0 Å². The summed E-state index contributed by atoms with van der Waals surface area (Å²) in [6, 6.07) is 3.65. The summed E-state index contributed by atoms with van der Waals surface area (Å²) in [7, 11) is 8.31. The summed E-state index contributed by atoms with van der Waals surface area (Å²) in [4.78, 5) is 0. The van der Waals surface area contributed by atoms with Crippen LogP contribution in [0.3, 0.4) is 0 Å². The topological polar surface area (TPSA) is 107 Å². The predicted octanol–water partition coefficient (Wildman–Crippen LogP) is 3.33. The van der Waals surface area contributed by atoms with Gasteiger partial charge in [0.25, 0.3) is 0 Å². The third kappa shape index (κ3) is 16.0. The molecule has 0 aliphatic carbocycles. The summed E-state index contributed by atoms with van der Waals surface area (Å²) in [6.07, 6.45) is 9.11. The lowest BCUT2D eigenvalue weighted by atomic mass is 10.1. The van der Waals surface area contributed by atoms with E-state index in [4.69, 9.17) is 39.8 Å². The Morgan fingerprint density at radius 3 is 1.10 bits per heavy atom. The second kappa shape index (κ2) is 23.9. The third-order valence-corrected chi connectivity index (χ3v) is 17.0. The second-order valence-electron chi connectivity index (χ2n) is 9.26. The van der Waals surface area contributed by atoms with Gasteiger partial charge in [-0.15, -0.1) is 0 Å². The first-order valence-corrected chi connectivity index (χ1v) is 21.1. The van der Waals surface area contributed by atoms with E-state index < -0.39 is 26.4 Å². The molecule has 11 nitrogen and oxygen atoms in total. The van der Waals surface area contributed by atoms with Gasteiger partial charge in [0, 0.05) is 87.9 Å². The molecule has 0 aromatic heterocycles. The van der Waals surface area contributed by atoms with Crippen LogP contribution in [0.1, 0.15) is 51.4 Å². The van der Waals surface area contributed by atoms with E-state index in [1.807, 2.05) is 0 Å². The Kier molecular flexibility index (Phi) is 24.2. The zero-order valence-electron chi connectivity index (χ0n) is 26.2. The summed E-state index contributed by atoms with van der Waals surface area (Å²) in [6.45, 7) is 1.75. The summed E-state index contributed by atoms with van der Waals surface area (Å²) in [5, 5.41) is 7.39. The molecule has 0 spiro atoms. The number of nitrogens with one attached hydrogen (secondary N) is 2. The molecule has 2 radical (unpaired) electrons. The maximum Gasteiger partial charge on any atom is 0.500 e. The van der Waals surface area contributed by atoms with Crippen LogP contribution in [0.2, 0.25) is 24.2 Å². The molecule has 0 bridgehead atoms. The molecule has 39 heavy (non-hydrogen) atoms. The molecule has 234 valence electrons. The lowest BCUT2D eigenvalue weighted by Gasteiger charge is -2.26. The first-order valence-electron chi connectivity index (χ1n) is 14.0. The van der Waals surface area contributed by atoms with Crippen molar-refractivity contribution in [1.82, 2.24) is 10.6 Å². The molecule has 0 saturated carbocycles. The monoisotopic (exact) mass is 630 g/mol. The maximum atomic E-state index is 5.55. The van der Waals surface area contributed by atoms with Crippen LogP contribution in [0.5, 0.6) is 0 Å². The molecule has 2 N–H and O–H groups in total. The Morgan fingerprint density at radius 1 is 0.436 bits per heavy atom. The molecule has 0 aromatic carbocycles. The molecule has 0 saturated heterocycles. The average Bonchev–Trinajstić information content (AvgIpc) is 2.99. The minimum atomic E-state index is -2.54. The van der Waals surface area contributed by atoms with E-state index in [0.717, 1.165) is 60.0 Å². The number of rotatable bonds is 29. The molecule has 0 aliphatic rings. The lowest BCUT2D eigenvalue weighted by Crippen LogP contribution is -2.49. The molecule has 0 unspecified atom stereocenters. The molecule has 0 atom stereocenters. The highest BCUT2D eigenvalue weighted by atomic mass is 28.4. The van der Waals surface area contributed by atoms with E-state index in [0.29, 0.717) is 0 Å². The Hall–Kier alpha value is 0.428. The van der Waals surface area contributed by atoms with Crippen molar-refractivity contribution >= 4 is 35.9 Å². The number of hydrogen-bond donors (Lipinski definition) is 2. The van der Waals surface area contributed by atoms with Gasteiger partial charge in [-0.1, -0.05) is 38.1 Å². The van der Waals surface area contributed by atoms with Gasteiger partial charge in [-0.25, -0.2) is 0 Å². The summed E-state index contributed by atoms with van der Waals surface area (Å²) in [5.74, 6) is 0.271. The van der Waals surface area contributed by atoms with Gasteiger partial charge in [-0.05, 0) is 32.4 Å². The van der Waals surface area contributed by atoms with Gasteiger partial charge in [-0.2, -0.15) is 0 Å². The zero-order chi connectivity index (χ0) is 29.5. The van der Waals surface area contributed by atoms with E-state index >= 15 is 0 Å². The molecule has 0 heterocycles. The number of hydrogen-bond acceptors (Lipinski definition) is 11. The van der Waals surface area contributed by atoms with Crippen molar-refractivity contribution in [3.8, 4) is 0 Å². The number of unbranched alkanes of at least 4 members (excludes halogenated alkanes) is 5. The first-order chi connectivity index (χ1) is 18.8. The highest BCUT2D eigenvalue weighted by Crippen LogP contribution is 2.19. The van der Waals surface area contributed by atoms with Crippen molar-refractivity contribution in [2.45, 2.75) is 81.3 Å². The van der Waals surface area contributed by atoms with Crippen LogP contribution in [0, 0.1) is 0 Å². The van der Waals surface area contributed by atoms with Crippen molar-refractivity contribution < 1.29 is 39.8 Å². The van der Waals surface area contributed by atoms with Gasteiger partial charge in [0.2, 0.25) is 0 Å². The normalized spacial score (nSPS) is 13.1. The van der Waals surface area contributed by atoms with Crippen LogP contribution < -0.4 is 10.6 Å². The zero-order valence-corrected chi connectivity index (χ0v) is 30.2. The molecule has 0 amide bonds. The summed E-state index contributed by atoms with van der Waals surface area (Å²) in [5.41, 5.74) is 0. The Morgan fingerprint density at radius 2 is 0.744 bits per heavy atom. The highest BCUT2D eigenvalue weighted by Gasteiger charge is 2.38. The van der Waals surface area contributed by atoms with Crippen LogP contribution in [0.4, 0.5) is 0 Å². The van der Waals surface area contributed by atoms with E-state index in [1.54, 1.807) is 64.0 Å². The fourth-order valence-electron chi connectivity index (χ4n) is 4.41. The van der Waals surface area contributed by atoms with Gasteiger partial charge < -0.3 is 50.5 Å². The maximum absolute atomic E-state index is 5.55. The van der Waals surface area contributed by atoms with Crippen LogP contribution >= 0.6 is 0 Å². The van der Waals surface area contributed by atoms with Crippen molar-refractivity contribution in [2.24, 2.45) is 0 Å². The van der Waals surface area contributed by atoms with E-state index in [9.17, 15) is 0 Å². The predicted molar refractivity (Wildman–Crippen MR) is 162 cm³/mol. The molecular formula is C24H58N2O9Si4. The Balaban J connectivity index is 4.45. The fourth-order valence-corrected chi connectivity index (χ4v) is 11.0. The molecule has 0 aromatic rings. The smallest absolute Gasteiger partial charge is 0.377 e. The van der Waals surface area contributed by atoms with Gasteiger partial charge >= 0.3 is 26.4 Å². The van der Waals surface area contributed by atoms with Gasteiger partial charge in [-0.3, -0.25) is 0 Å². The first kappa shape index (κ1) is 39.4. The Labute approximate surface area is 244 Å². The van der Waals surface area contributed by atoms with Crippen molar-refractivity contribution in [1.29, 1.82) is 0 Å². The van der Waals surface area contributed by atoms with E-state index in [2.05, 4.69) is 10.6 Å². The minimum absolute atomic E-state index is 0.271. The standard InChI is InChI=1S/C24H58N2O9Si4/c1-27-37(28-2,29-3)21-15-13-11-10-12-14-20-36-24(25-18-16-22-38(30-4,31-5)32-6)26-19-17-23-39(33-7,34-8)35-9/h24-26H,10-23H2,1-9H3. The van der Waals surface area contributed by atoms with E-state index in [1.165, 1.54) is 38.1 Å². The largest absolute Gasteiger partial charge is 0.500 e. The van der Waals surface area contributed by atoms with Crippen LogP contribution in [0.25, 0.3) is 0 Å². The van der Waals surface area contributed by atoms with Crippen LogP contribution in [-0.4, -0.2) is 119 Å². The van der Waals surface area contributed by atoms with Crippen molar-refractivity contribution in [2.75, 3.05) is 77.1 Å². The van der Waals surface area contributed by atoms with Crippen molar-refractivity contribution in [3.63, 3.8) is 0 Å². The van der Waals surface area contributed by atoms with Gasteiger partial charge in [0.05, 0.1) is 9.52 Å². The second-order valence-corrected chi connectivity index (χ2v) is 20.0. The third-order valence-electron chi connectivity index (χ3n) is 7.07. The average molecular weight is 631 g/mol. The van der Waals surface area contributed by atoms with Crippen molar-refractivity contribution in [3.05, 3.63) is 0 Å². The minimum Gasteiger partial charge on any atom is -0.377 e. The molecule has 0 rings (SSSR count). The van der Waals surface area contributed by atoms with E-state index in [-0.39, 0.29) is 5.79 Å². The SMILES string of the molecule is CO[Si](CCCCCCCC[Si]C(NCCC[Si](OC)(OC)OC)NCCC[Si](OC)(OC)OC)(OC)OC. The quantitative estimate of drug-likeness (QED) is 0.0722.